The monoisotopic (exact) mass is 1160 g/mol. The number of benzene rings is 6. The molecule has 456 valence electrons. The van der Waals surface area contributed by atoms with Gasteiger partial charge in [0.2, 0.25) is 0 Å². The average Bonchev–Trinajstić information content (AvgIpc) is 1.06. The van der Waals surface area contributed by atoms with Gasteiger partial charge in [0.15, 0.2) is 0 Å². The molecule has 0 saturated heterocycles. The Kier molecular flexibility index (Phi) is 17.4. The largest absolute Gasteiger partial charge is 0.496 e. The highest BCUT2D eigenvalue weighted by Crippen LogP contribution is 2.45. The minimum Gasteiger partial charge on any atom is -0.496 e. The van der Waals surface area contributed by atoms with E-state index < -0.39 is 11.4 Å². The van der Waals surface area contributed by atoms with E-state index in [0.29, 0.717) is 49.1 Å². The topological polar surface area (TPSA) is 84.8 Å². The van der Waals surface area contributed by atoms with E-state index in [1.165, 1.54) is 44.5 Å². The zero-order chi connectivity index (χ0) is 62.8. The number of carbonyl (C=O) groups is 1. The van der Waals surface area contributed by atoms with Crippen LogP contribution in [0, 0.1) is 5.41 Å². The van der Waals surface area contributed by atoms with Crippen molar-refractivity contribution in [3.8, 4) is 28.7 Å². The molecule has 0 aliphatic carbocycles. The van der Waals surface area contributed by atoms with Crippen LogP contribution in [-0.2, 0) is 88.3 Å². The Morgan fingerprint density at radius 1 is 0.372 bits per heavy atom. The summed E-state index contributed by atoms with van der Waals surface area (Å²) in [6.45, 7) is 41.2. The molecular weight excluding hydrogens is 1060 g/mol. The van der Waals surface area contributed by atoms with Crippen molar-refractivity contribution in [2.75, 3.05) is 28.4 Å². The Morgan fingerprint density at radius 2 is 0.733 bits per heavy atom. The molecule has 0 spiro atoms. The number of hydrogen-bond acceptors (Lipinski definition) is 8. The van der Waals surface area contributed by atoms with E-state index in [4.69, 9.17) is 33.4 Å². The molecule has 0 amide bonds. The average molecular weight is 1160 g/mol. The van der Waals surface area contributed by atoms with Crippen molar-refractivity contribution >= 4 is 17.4 Å². The van der Waals surface area contributed by atoms with Crippen molar-refractivity contribution in [3.63, 3.8) is 0 Å². The maximum absolute atomic E-state index is 15.2. The zero-order valence-electron chi connectivity index (χ0n) is 56.1. The van der Waals surface area contributed by atoms with E-state index in [9.17, 15) is 0 Å². The van der Waals surface area contributed by atoms with Gasteiger partial charge in [-0.2, -0.15) is 0 Å². The van der Waals surface area contributed by atoms with E-state index in [1.54, 1.807) is 28.4 Å². The molecule has 86 heavy (non-hydrogen) atoms. The second-order valence-corrected chi connectivity index (χ2v) is 30.6. The highest BCUT2D eigenvalue weighted by atomic mass is 16.5. The third-order valence-corrected chi connectivity index (χ3v) is 17.6. The minimum atomic E-state index is -0.451. The number of aliphatic imine (C=N–C) groups is 1. The lowest BCUT2D eigenvalue weighted by molar-refractivity contribution is -0.140. The Bertz CT molecular complexity index is 3710. The van der Waals surface area contributed by atoms with Crippen LogP contribution in [0.4, 0.5) is 5.69 Å². The normalized spacial score (nSPS) is 16.0. The number of ether oxygens (including phenoxy) is 6. The number of para-hydroxylation sites is 1. The van der Waals surface area contributed by atoms with Crippen LogP contribution < -0.4 is 23.7 Å². The molecule has 6 aromatic carbocycles. The molecule has 13 rings (SSSR count). The van der Waals surface area contributed by atoms with Gasteiger partial charge in [-0.05, 0) is 165 Å². The van der Waals surface area contributed by atoms with Crippen LogP contribution in [0.25, 0.3) is 0 Å². The molecular formula is C78H97NO7. The first-order valence-corrected chi connectivity index (χ1v) is 31.0. The first-order valence-electron chi connectivity index (χ1n) is 31.0. The van der Waals surface area contributed by atoms with Gasteiger partial charge in [-0.1, -0.05) is 179 Å². The van der Waals surface area contributed by atoms with Crippen LogP contribution in [-0.4, -0.2) is 40.1 Å². The zero-order valence-corrected chi connectivity index (χ0v) is 56.1. The number of rotatable bonds is 4. The molecule has 0 radical (unpaired) electrons. The molecule has 7 aliphatic rings. The van der Waals surface area contributed by atoms with Gasteiger partial charge >= 0.3 is 5.97 Å². The molecule has 0 aromatic heterocycles. The molecule has 0 fully saturated rings. The van der Waals surface area contributed by atoms with Crippen LogP contribution >= 0.6 is 0 Å². The molecule has 0 atom stereocenters. The Hall–Kier alpha value is -7.06. The minimum absolute atomic E-state index is 0.00943. The van der Waals surface area contributed by atoms with Crippen molar-refractivity contribution in [2.24, 2.45) is 10.4 Å². The molecule has 0 unspecified atom stereocenters. The van der Waals surface area contributed by atoms with Crippen LogP contribution in [0.15, 0.2) is 107 Å². The fraction of sp³-hybridized carbons (Fsp3) is 0.462. The second-order valence-electron chi connectivity index (χ2n) is 30.6. The molecule has 0 saturated carbocycles. The van der Waals surface area contributed by atoms with E-state index in [1.807, 2.05) is 12.1 Å². The van der Waals surface area contributed by atoms with Crippen molar-refractivity contribution in [3.05, 3.63) is 197 Å². The van der Waals surface area contributed by atoms with Gasteiger partial charge in [0, 0.05) is 53.7 Å². The fourth-order valence-electron chi connectivity index (χ4n) is 12.9. The van der Waals surface area contributed by atoms with Gasteiger partial charge in [0.1, 0.15) is 42.0 Å². The molecule has 7 heterocycles. The summed E-state index contributed by atoms with van der Waals surface area (Å²) in [5.41, 5.74) is 19.9. The number of fused-ring (bicyclic) bond motifs is 4. The Balaban J connectivity index is 1.48. The summed E-state index contributed by atoms with van der Waals surface area (Å²) in [6.07, 6.45) is 7.34. The van der Waals surface area contributed by atoms with Gasteiger partial charge < -0.3 is 28.4 Å². The lowest BCUT2D eigenvalue weighted by Gasteiger charge is -2.29. The van der Waals surface area contributed by atoms with Crippen molar-refractivity contribution < 1.29 is 33.2 Å². The van der Waals surface area contributed by atoms with Crippen molar-refractivity contribution in [2.45, 2.75) is 203 Å². The van der Waals surface area contributed by atoms with Crippen molar-refractivity contribution in [1.82, 2.24) is 0 Å². The van der Waals surface area contributed by atoms with Crippen LogP contribution in [0.1, 0.15) is 219 Å². The Morgan fingerprint density at radius 3 is 1.09 bits per heavy atom. The molecule has 8 nitrogen and oxygen atoms in total. The number of nitrogens with zero attached hydrogens (tertiary/aromatic N) is 1. The van der Waals surface area contributed by atoms with Crippen LogP contribution in [0.2, 0.25) is 0 Å². The summed E-state index contributed by atoms with van der Waals surface area (Å²) in [5.74, 6) is 3.55. The van der Waals surface area contributed by atoms with Gasteiger partial charge in [0.05, 0.1) is 34.1 Å². The second kappa shape index (κ2) is 23.6. The maximum atomic E-state index is 15.2. The SMILES string of the molecule is COc1cc2c(C(C)(C)C)cc1CC1=C/C(C(C)(C)C)=C/C3=Nc4c(cccc4COc4c(cc(C(C)(C)C)cc4Cc4cc(C(C)(C)C)c(cc4OC)Cc4cc(OC)c(cc4C(C)(C)C)C3)Cc3cc(C(C)(C)C)c(cc3OC)C2)COC1=O. The number of esters is 1. The highest BCUT2D eigenvalue weighted by molar-refractivity contribution is 6.00. The lowest BCUT2D eigenvalue weighted by atomic mass is 9.76. The van der Waals surface area contributed by atoms with Gasteiger partial charge in [-0.3, -0.25) is 4.99 Å². The molecule has 14 bridgehead atoms. The maximum Gasteiger partial charge on any atom is 0.334 e. The van der Waals surface area contributed by atoms with E-state index >= 15 is 4.79 Å². The third kappa shape index (κ3) is 13.6. The van der Waals surface area contributed by atoms with Crippen LogP contribution in [0.3, 0.4) is 0 Å². The van der Waals surface area contributed by atoms with Crippen molar-refractivity contribution in [1.29, 1.82) is 0 Å². The predicted molar refractivity (Wildman–Crippen MR) is 354 cm³/mol. The first kappa shape index (κ1) is 63.4. The van der Waals surface area contributed by atoms with Gasteiger partial charge in [-0.25, -0.2) is 4.79 Å². The summed E-state index contributed by atoms with van der Waals surface area (Å²) >= 11 is 0. The summed E-state index contributed by atoms with van der Waals surface area (Å²) in [7, 11) is 7.09. The highest BCUT2D eigenvalue weighted by Gasteiger charge is 2.32. The molecule has 6 aromatic rings. The third-order valence-electron chi connectivity index (χ3n) is 17.6. The lowest BCUT2D eigenvalue weighted by Crippen LogP contribution is -2.20. The van der Waals surface area contributed by atoms with E-state index in [-0.39, 0.29) is 46.7 Å². The predicted octanol–water partition coefficient (Wildman–Crippen LogP) is 18.3. The molecule has 0 N–H and O–H groups in total. The summed E-state index contributed by atoms with van der Waals surface area (Å²) in [5, 5.41) is 0. The number of hydrogen-bond donors (Lipinski definition) is 0. The molecule has 8 heteroatoms. The quantitative estimate of drug-likeness (QED) is 0.163. The summed E-state index contributed by atoms with van der Waals surface area (Å²) in [6, 6.07) is 29.3. The van der Waals surface area contributed by atoms with Crippen LogP contribution in [0.5, 0.6) is 28.7 Å². The summed E-state index contributed by atoms with van der Waals surface area (Å²) < 4.78 is 40.0. The smallest absolute Gasteiger partial charge is 0.334 e. The van der Waals surface area contributed by atoms with Gasteiger partial charge in [-0.15, -0.1) is 0 Å². The standard InChI is InChI=1S/C78H97NO7/c1-73(2,3)59-31-56-28-52-35-62(75(7,8)9)48(39-66(52)81-19)26-50-41-68(83-21)54(37-64(50)77(13,14)15)30-58-33-60(74(4,5)6)43-61-34-55-38-65(78(16,17)18)51(42-69(55)84-22)27-49-40-67(82-20)53(36-63(49)76(10,11)12)29-57(32-59)71(56)85-44-46-24-23-25-47(70(46)79-61)45-86-72(58)80/h23-25,31-33,35-43H,26-30,34,44-45H2,1-22H3/b58-33?,60-43-,79-61?. The van der Waals surface area contributed by atoms with Gasteiger partial charge in [0.25, 0.3) is 0 Å². The first-order chi connectivity index (χ1) is 40.1. The fourth-order valence-corrected chi connectivity index (χ4v) is 12.9. The van der Waals surface area contributed by atoms with E-state index in [0.717, 1.165) is 84.4 Å². The Labute approximate surface area is 515 Å². The van der Waals surface area contributed by atoms with E-state index in [2.05, 4.69) is 204 Å². The molecule has 7 aliphatic heterocycles. The summed E-state index contributed by atoms with van der Waals surface area (Å²) in [4.78, 5) is 21.0. The number of methoxy groups -OCH3 is 4. The number of allylic oxidation sites excluding steroid dienone is 3. The number of carbonyl (C=O) groups excluding carboxylic acids is 1.